The quantitative estimate of drug-likeness (QED) is 0.808. The molecule has 0 spiro atoms. The Balaban J connectivity index is 2.20. The Hall–Kier alpha value is -1.20. The highest BCUT2D eigenvalue weighted by molar-refractivity contribution is 7.98. The monoisotopic (exact) mass is 267 g/mol. The second kappa shape index (κ2) is 5.20. The molecule has 0 atom stereocenters. The van der Waals surface area contributed by atoms with Gasteiger partial charge in [0.1, 0.15) is 0 Å². The maximum atomic E-state index is 10.9. The minimum Gasteiger partial charge on any atom is -0.465 e. The Morgan fingerprint density at radius 3 is 2.50 bits per heavy atom. The van der Waals surface area contributed by atoms with E-state index in [1.165, 1.54) is 4.90 Å². The number of rotatable bonds is 2. The van der Waals surface area contributed by atoms with Crippen LogP contribution < -0.4 is 0 Å². The molecule has 1 amide bonds. The highest BCUT2D eigenvalue weighted by Crippen LogP contribution is 2.37. The van der Waals surface area contributed by atoms with Crippen molar-refractivity contribution in [2.75, 3.05) is 19.3 Å². The predicted molar refractivity (Wildman–Crippen MR) is 71.0 cm³/mol. The number of benzene rings is 1. The van der Waals surface area contributed by atoms with Crippen molar-refractivity contribution in [1.82, 2.24) is 4.90 Å². The van der Waals surface area contributed by atoms with Gasteiger partial charge in [-0.15, -0.1) is 11.8 Å². The van der Waals surface area contributed by atoms with E-state index in [1.807, 2.05) is 30.5 Å². The Morgan fingerprint density at radius 2 is 1.94 bits per heavy atom. The number of nitrogens with zero attached hydrogens (tertiary/aromatic N) is 1. The number of carbonyl (C=O) groups is 1. The third-order valence-corrected chi connectivity index (χ3v) is 4.27. The van der Waals surface area contributed by atoms with Gasteiger partial charge in [0.15, 0.2) is 0 Å². The van der Waals surface area contributed by atoms with Crippen molar-refractivity contribution in [3.8, 4) is 0 Å². The fourth-order valence-electron chi connectivity index (χ4n) is 2.37. The Labute approximate surface area is 111 Å². The first kappa shape index (κ1) is 13.2. The maximum Gasteiger partial charge on any atom is 0.407 e. The topological polar surface area (TPSA) is 60.8 Å². The molecule has 1 saturated heterocycles. The lowest BCUT2D eigenvalue weighted by molar-refractivity contribution is -0.0233. The SMILES string of the molecule is CSc1ccccc1C1(O)CCN(C(=O)O)CC1. The van der Waals surface area contributed by atoms with Gasteiger partial charge in [0.25, 0.3) is 0 Å². The summed E-state index contributed by atoms with van der Waals surface area (Å²) in [5.41, 5.74) is 0.0217. The molecular weight excluding hydrogens is 250 g/mol. The molecule has 0 radical (unpaired) electrons. The van der Waals surface area contributed by atoms with Gasteiger partial charge in [0, 0.05) is 18.0 Å². The summed E-state index contributed by atoms with van der Waals surface area (Å²) >= 11 is 1.60. The number of thioether (sulfide) groups is 1. The maximum absolute atomic E-state index is 10.9. The molecule has 0 aromatic heterocycles. The van der Waals surface area contributed by atoms with E-state index in [0.29, 0.717) is 25.9 Å². The van der Waals surface area contributed by atoms with Crippen molar-refractivity contribution >= 4 is 17.9 Å². The van der Waals surface area contributed by atoms with E-state index in [0.717, 1.165) is 10.5 Å². The fraction of sp³-hybridized carbons (Fsp3) is 0.462. The number of aliphatic hydroxyl groups is 1. The number of piperidine rings is 1. The van der Waals surface area contributed by atoms with Gasteiger partial charge in [0.2, 0.25) is 0 Å². The number of hydrogen-bond acceptors (Lipinski definition) is 3. The summed E-state index contributed by atoms with van der Waals surface area (Å²) in [6.07, 6.45) is 1.98. The number of carboxylic acid groups (broad SMARTS) is 1. The molecule has 0 aliphatic carbocycles. The average molecular weight is 267 g/mol. The van der Waals surface area contributed by atoms with E-state index in [-0.39, 0.29) is 0 Å². The lowest BCUT2D eigenvalue weighted by Gasteiger charge is -2.38. The lowest BCUT2D eigenvalue weighted by atomic mass is 9.84. The Kier molecular flexibility index (Phi) is 3.82. The molecule has 18 heavy (non-hydrogen) atoms. The van der Waals surface area contributed by atoms with E-state index >= 15 is 0 Å². The van der Waals surface area contributed by atoms with Crippen molar-refractivity contribution in [3.63, 3.8) is 0 Å². The first-order valence-electron chi connectivity index (χ1n) is 5.90. The molecule has 1 aliphatic heterocycles. The van der Waals surface area contributed by atoms with E-state index < -0.39 is 11.7 Å². The second-order valence-corrected chi connectivity index (χ2v) is 5.35. The molecule has 1 aromatic carbocycles. The summed E-state index contributed by atoms with van der Waals surface area (Å²) in [5.74, 6) is 0. The van der Waals surface area contributed by atoms with Crippen molar-refractivity contribution < 1.29 is 15.0 Å². The van der Waals surface area contributed by atoms with Gasteiger partial charge in [-0.3, -0.25) is 0 Å². The summed E-state index contributed by atoms with van der Waals surface area (Å²) < 4.78 is 0. The Morgan fingerprint density at radius 1 is 1.33 bits per heavy atom. The van der Waals surface area contributed by atoms with E-state index in [4.69, 9.17) is 5.11 Å². The third-order valence-electron chi connectivity index (χ3n) is 3.47. The zero-order valence-corrected chi connectivity index (χ0v) is 11.1. The largest absolute Gasteiger partial charge is 0.465 e. The molecule has 1 aliphatic rings. The van der Waals surface area contributed by atoms with Crippen LogP contribution in [-0.4, -0.2) is 40.6 Å². The summed E-state index contributed by atoms with van der Waals surface area (Å²) in [7, 11) is 0. The van der Waals surface area contributed by atoms with Gasteiger partial charge >= 0.3 is 6.09 Å². The first-order valence-corrected chi connectivity index (χ1v) is 7.13. The van der Waals surface area contributed by atoms with Crippen molar-refractivity contribution in [2.24, 2.45) is 0 Å². The molecular formula is C13H17NO3S. The van der Waals surface area contributed by atoms with Gasteiger partial charge in [-0.2, -0.15) is 0 Å². The first-order chi connectivity index (χ1) is 8.57. The van der Waals surface area contributed by atoms with Crippen LogP contribution >= 0.6 is 11.8 Å². The lowest BCUT2D eigenvalue weighted by Crippen LogP contribution is -2.44. The summed E-state index contributed by atoms with van der Waals surface area (Å²) in [6, 6.07) is 7.78. The molecule has 4 nitrogen and oxygen atoms in total. The van der Waals surface area contributed by atoms with Crippen LogP contribution in [0.4, 0.5) is 4.79 Å². The van der Waals surface area contributed by atoms with Gasteiger partial charge < -0.3 is 15.1 Å². The fourth-order valence-corrected chi connectivity index (χ4v) is 3.06. The van der Waals surface area contributed by atoms with Crippen molar-refractivity contribution in [2.45, 2.75) is 23.3 Å². The molecule has 0 saturated carbocycles. The molecule has 2 rings (SSSR count). The molecule has 1 aromatic rings. The smallest absolute Gasteiger partial charge is 0.407 e. The van der Waals surface area contributed by atoms with Crippen LogP contribution in [0.25, 0.3) is 0 Å². The van der Waals surface area contributed by atoms with Crippen LogP contribution in [0.15, 0.2) is 29.2 Å². The second-order valence-electron chi connectivity index (χ2n) is 4.50. The van der Waals surface area contributed by atoms with Crippen LogP contribution in [0, 0.1) is 0 Å². The third kappa shape index (κ3) is 2.47. The van der Waals surface area contributed by atoms with Crippen LogP contribution in [0.3, 0.4) is 0 Å². The predicted octanol–water partition coefficient (Wildman–Crippen LogP) is 2.37. The van der Waals surface area contributed by atoms with Gasteiger partial charge in [0.05, 0.1) is 5.60 Å². The molecule has 1 fully saturated rings. The molecule has 1 heterocycles. The minimum atomic E-state index is -0.907. The van der Waals surface area contributed by atoms with Crippen LogP contribution in [0.5, 0.6) is 0 Å². The normalized spacial score (nSPS) is 18.7. The molecule has 98 valence electrons. The number of amides is 1. The van der Waals surface area contributed by atoms with Crippen LogP contribution in [0.2, 0.25) is 0 Å². The summed E-state index contributed by atoms with van der Waals surface area (Å²) in [5, 5.41) is 19.6. The standard InChI is InChI=1S/C13H17NO3S/c1-18-11-5-3-2-4-10(11)13(17)6-8-14(9-7-13)12(15)16/h2-5,17H,6-9H2,1H3,(H,15,16). The van der Waals surface area contributed by atoms with Crippen molar-refractivity contribution in [1.29, 1.82) is 0 Å². The van der Waals surface area contributed by atoms with E-state index in [2.05, 4.69) is 0 Å². The molecule has 0 unspecified atom stereocenters. The average Bonchev–Trinajstić information content (AvgIpc) is 2.39. The molecule has 5 heteroatoms. The van der Waals surface area contributed by atoms with Gasteiger partial charge in [-0.25, -0.2) is 4.79 Å². The highest BCUT2D eigenvalue weighted by Gasteiger charge is 2.36. The van der Waals surface area contributed by atoms with E-state index in [9.17, 15) is 9.90 Å². The molecule has 0 bridgehead atoms. The van der Waals surface area contributed by atoms with Crippen LogP contribution in [0.1, 0.15) is 18.4 Å². The van der Waals surface area contributed by atoms with Crippen LogP contribution in [-0.2, 0) is 5.60 Å². The zero-order valence-electron chi connectivity index (χ0n) is 10.3. The Bertz CT molecular complexity index is 442. The zero-order chi connectivity index (χ0) is 13.2. The number of likely N-dealkylation sites (tertiary alicyclic amines) is 1. The highest BCUT2D eigenvalue weighted by atomic mass is 32.2. The molecule has 2 N–H and O–H groups in total. The van der Waals surface area contributed by atoms with Gasteiger partial charge in [-0.1, -0.05) is 18.2 Å². The van der Waals surface area contributed by atoms with Gasteiger partial charge in [-0.05, 0) is 30.7 Å². The van der Waals surface area contributed by atoms with Crippen molar-refractivity contribution in [3.05, 3.63) is 29.8 Å². The summed E-state index contributed by atoms with van der Waals surface area (Å²) in [6.45, 7) is 0.767. The minimum absolute atomic E-state index is 0.383. The summed E-state index contributed by atoms with van der Waals surface area (Å²) in [4.78, 5) is 13.3. The number of hydrogen-bond donors (Lipinski definition) is 2. The van der Waals surface area contributed by atoms with E-state index in [1.54, 1.807) is 11.8 Å².